The molecular formula is C23H42O2. The molecule has 0 aromatic rings. The molecule has 0 radical (unpaired) electrons. The van der Waals surface area contributed by atoms with Crippen LogP contribution in [0.1, 0.15) is 110 Å². The van der Waals surface area contributed by atoms with Gasteiger partial charge in [-0.25, -0.2) is 4.79 Å². The van der Waals surface area contributed by atoms with E-state index in [1.807, 2.05) is 6.08 Å². The number of hydrogen-bond donors (Lipinski definition) is 0. The number of esters is 1. The molecule has 0 aromatic carbocycles. The quantitative estimate of drug-likeness (QED) is 0.110. The molecule has 2 nitrogen and oxygen atoms in total. The molecule has 146 valence electrons. The zero-order valence-corrected chi connectivity index (χ0v) is 17.0. The third kappa shape index (κ3) is 16.2. The first-order valence-corrected chi connectivity index (χ1v) is 10.6. The van der Waals surface area contributed by atoms with E-state index in [2.05, 4.69) is 19.6 Å². The molecule has 0 fully saturated rings. The maximum Gasteiger partial charge on any atom is 0.333 e. The molecule has 0 unspecified atom stereocenters. The summed E-state index contributed by atoms with van der Waals surface area (Å²) in [7, 11) is 1.49. The lowest BCUT2D eigenvalue weighted by Gasteiger charge is -2.06. The average Bonchev–Trinajstić information content (AvgIpc) is 2.63. The van der Waals surface area contributed by atoms with Gasteiger partial charge in [0.1, 0.15) is 0 Å². The van der Waals surface area contributed by atoms with E-state index in [4.69, 9.17) is 4.74 Å². The highest BCUT2D eigenvalue weighted by Crippen LogP contribution is 2.16. The Bertz CT molecular complexity index is 344. The zero-order valence-electron chi connectivity index (χ0n) is 17.0. The lowest BCUT2D eigenvalue weighted by molar-refractivity contribution is -0.136. The summed E-state index contributed by atoms with van der Waals surface area (Å²) < 4.78 is 4.94. The fourth-order valence-electron chi connectivity index (χ4n) is 3.11. The van der Waals surface area contributed by atoms with Crippen molar-refractivity contribution < 1.29 is 9.53 Å². The van der Waals surface area contributed by atoms with Crippen LogP contribution in [0.4, 0.5) is 0 Å². The van der Waals surface area contributed by atoms with E-state index in [0.29, 0.717) is 0 Å². The molecule has 0 N–H and O–H groups in total. The van der Waals surface area contributed by atoms with Crippen molar-refractivity contribution in [2.45, 2.75) is 110 Å². The second-order valence-corrected chi connectivity index (χ2v) is 7.08. The first-order chi connectivity index (χ1) is 12.3. The van der Waals surface area contributed by atoms with Crippen molar-refractivity contribution in [1.29, 1.82) is 0 Å². The van der Waals surface area contributed by atoms with Crippen molar-refractivity contribution in [2.24, 2.45) is 0 Å². The van der Waals surface area contributed by atoms with E-state index in [1.165, 1.54) is 84.2 Å². The van der Waals surface area contributed by atoms with E-state index in [-0.39, 0.29) is 5.97 Å². The van der Waals surface area contributed by atoms with Gasteiger partial charge in [-0.2, -0.15) is 0 Å². The predicted octanol–water partition coefficient (Wildman–Crippen LogP) is 7.53. The minimum absolute atomic E-state index is 0.129. The van der Waals surface area contributed by atoms with Crippen molar-refractivity contribution in [3.63, 3.8) is 0 Å². The van der Waals surface area contributed by atoms with Gasteiger partial charge in [0, 0.05) is 5.57 Å². The van der Waals surface area contributed by atoms with E-state index >= 15 is 0 Å². The number of rotatable bonds is 18. The molecule has 0 aliphatic carbocycles. The van der Waals surface area contributed by atoms with Gasteiger partial charge in [-0.1, -0.05) is 83.3 Å². The number of hydrogen-bond acceptors (Lipinski definition) is 2. The fourth-order valence-corrected chi connectivity index (χ4v) is 3.11. The minimum Gasteiger partial charge on any atom is -0.466 e. The maximum absolute atomic E-state index is 11.9. The average molecular weight is 351 g/mol. The van der Waals surface area contributed by atoms with Crippen LogP contribution in [0.15, 0.2) is 24.3 Å². The highest BCUT2D eigenvalue weighted by atomic mass is 16.5. The van der Waals surface area contributed by atoms with Gasteiger partial charge in [-0.05, 0) is 38.5 Å². The van der Waals surface area contributed by atoms with Crippen LogP contribution in [0.2, 0.25) is 0 Å². The van der Waals surface area contributed by atoms with Crippen LogP contribution in [-0.2, 0) is 9.53 Å². The third-order valence-corrected chi connectivity index (χ3v) is 4.75. The number of unbranched alkanes of at least 4 members (excludes halogenated alkanes) is 13. The maximum atomic E-state index is 11.9. The van der Waals surface area contributed by atoms with Gasteiger partial charge in [0.15, 0.2) is 0 Å². The summed E-state index contributed by atoms with van der Waals surface area (Å²) in [4.78, 5) is 11.9. The molecule has 0 saturated heterocycles. The number of allylic oxidation sites excluding steroid dienone is 2. The van der Waals surface area contributed by atoms with Crippen LogP contribution in [0.5, 0.6) is 0 Å². The smallest absolute Gasteiger partial charge is 0.333 e. The Labute approximate surface area is 157 Å². The van der Waals surface area contributed by atoms with Gasteiger partial charge in [0.25, 0.3) is 0 Å². The number of carbonyl (C=O) groups is 1. The number of carbonyl (C=O) groups excluding carboxylic acids is 1. The lowest BCUT2D eigenvalue weighted by Crippen LogP contribution is -2.05. The van der Waals surface area contributed by atoms with Crippen LogP contribution in [0, 0.1) is 0 Å². The summed E-state index contributed by atoms with van der Waals surface area (Å²) >= 11 is 0. The molecule has 25 heavy (non-hydrogen) atoms. The normalized spacial score (nSPS) is 11.5. The fraction of sp³-hybridized carbons (Fsp3) is 0.783. The molecule has 0 saturated carbocycles. The van der Waals surface area contributed by atoms with Crippen molar-refractivity contribution in [3.8, 4) is 0 Å². The summed E-state index contributed by atoms with van der Waals surface area (Å²) in [5, 5.41) is 0. The first kappa shape index (κ1) is 23.9. The Morgan fingerprint density at radius 2 is 1.32 bits per heavy atom. The standard InChI is InChI=1S/C23H42O2/c1-4-6-8-10-12-13-15-17-19-21-22(23(24)25-3)20-18-16-14-11-9-7-5-2/h4,20H,1,5-19,21H2,2-3H3/b22-20-. The molecule has 0 bridgehead atoms. The van der Waals surface area contributed by atoms with Crippen molar-refractivity contribution in [3.05, 3.63) is 24.3 Å². The second kappa shape index (κ2) is 19.3. The van der Waals surface area contributed by atoms with Gasteiger partial charge in [0.05, 0.1) is 7.11 Å². The van der Waals surface area contributed by atoms with Crippen LogP contribution < -0.4 is 0 Å². The SMILES string of the molecule is C=CCCCCCCCCC/C(=C/CCCCCCCC)C(=O)OC. The molecule has 0 aliphatic rings. The predicted molar refractivity (Wildman–Crippen MR) is 110 cm³/mol. The lowest BCUT2D eigenvalue weighted by atomic mass is 10.0. The Hall–Kier alpha value is -1.05. The second-order valence-electron chi connectivity index (χ2n) is 7.08. The third-order valence-electron chi connectivity index (χ3n) is 4.75. The van der Waals surface area contributed by atoms with Crippen molar-refractivity contribution >= 4 is 5.97 Å². The van der Waals surface area contributed by atoms with Gasteiger partial charge in [0.2, 0.25) is 0 Å². The number of methoxy groups -OCH3 is 1. The molecule has 0 spiro atoms. The van der Waals surface area contributed by atoms with Crippen molar-refractivity contribution in [2.75, 3.05) is 7.11 Å². The van der Waals surface area contributed by atoms with Crippen LogP contribution in [-0.4, -0.2) is 13.1 Å². The largest absolute Gasteiger partial charge is 0.466 e. The summed E-state index contributed by atoms with van der Waals surface area (Å²) in [6, 6.07) is 0. The van der Waals surface area contributed by atoms with Crippen LogP contribution in [0.3, 0.4) is 0 Å². The van der Waals surface area contributed by atoms with Gasteiger partial charge >= 0.3 is 5.97 Å². The molecule has 0 rings (SSSR count). The molecule has 0 aliphatic heterocycles. The highest BCUT2D eigenvalue weighted by Gasteiger charge is 2.08. The van der Waals surface area contributed by atoms with Crippen LogP contribution in [0.25, 0.3) is 0 Å². The van der Waals surface area contributed by atoms with Gasteiger partial charge < -0.3 is 4.74 Å². The molecule has 0 atom stereocenters. The Balaban J connectivity index is 3.79. The molecule has 0 aromatic heterocycles. The minimum atomic E-state index is -0.129. The van der Waals surface area contributed by atoms with Crippen molar-refractivity contribution in [1.82, 2.24) is 0 Å². The summed E-state index contributed by atoms with van der Waals surface area (Å²) in [6.45, 7) is 6.00. The molecule has 0 amide bonds. The van der Waals surface area contributed by atoms with Gasteiger partial charge in [-0.15, -0.1) is 6.58 Å². The Morgan fingerprint density at radius 1 is 0.800 bits per heavy atom. The monoisotopic (exact) mass is 350 g/mol. The van der Waals surface area contributed by atoms with E-state index in [0.717, 1.165) is 31.3 Å². The summed E-state index contributed by atoms with van der Waals surface area (Å²) in [5.41, 5.74) is 0.891. The molecular weight excluding hydrogens is 308 g/mol. The molecule has 0 heterocycles. The van der Waals surface area contributed by atoms with Gasteiger partial charge in [-0.3, -0.25) is 0 Å². The summed E-state index contributed by atoms with van der Waals surface area (Å²) in [5.74, 6) is -0.129. The zero-order chi connectivity index (χ0) is 18.6. The summed E-state index contributed by atoms with van der Waals surface area (Å²) in [6.07, 6.45) is 23.8. The Kier molecular flexibility index (Phi) is 18.5. The van der Waals surface area contributed by atoms with E-state index in [1.54, 1.807) is 0 Å². The highest BCUT2D eigenvalue weighted by molar-refractivity contribution is 5.88. The Morgan fingerprint density at radius 3 is 1.88 bits per heavy atom. The number of ether oxygens (including phenoxy) is 1. The molecule has 2 heteroatoms. The topological polar surface area (TPSA) is 26.3 Å². The first-order valence-electron chi connectivity index (χ1n) is 10.6. The van der Waals surface area contributed by atoms with E-state index < -0.39 is 0 Å². The van der Waals surface area contributed by atoms with Crippen LogP contribution >= 0.6 is 0 Å². The van der Waals surface area contributed by atoms with E-state index in [9.17, 15) is 4.79 Å².